The van der Waals surface area contributed by atoms with Crippen LogP contribution in [0.1, 0.15) is 23.2 Å². The fraction of sp³-hybridized carbons (Fsp3) is 0.500. The second kappa shape index (κ2) is 5.93. The number of carbonyl (C=O) groups is 1. The van der Waals surface area contributed by atoms with Crippen LogP contribution >= 0.6 is 0 Å². The highest BCUT2D eigenvalue weighted by molar-refractivity contribution is 5.97. The standard InChI is InChI=1S/C14H20N2O3/c1-18-11-5-7-16(8-6-11)14(17)12-4-3-10(15)9-13(12)19-2/h3-4,9,11H,5-8,15H2,1-2H3. The molecule has 0 aliphatic carbocycles. The molecule has 5 heteroatoms. The lowest BCUT2D eigenvalue weighted by atomic mass is 10.1. The molecule has 5 nitrogen and oxygen atoms in total. The van der Waals surface area contributed by atoms with Crippen molar-refractivity contribution in [1.82, 2.24) is 4.90 Å². The molecule has 1 aromatic carbocycles. The molecule has 1 aromatic rings. The van der Waals surface area contributed by atoms with E-state index in [1.165, 1.54) is 0 Å². The van der Waals surface area contributed by atoms with Crippen molar-refractivity contribution >= 4 is 11.6 Å². The smallest absolute Gasteiger partial charge is 0.257 e. The van der Waals surface area contributed by atoms with E-state index in [4.69, 9.17) is 15.2 Å². The van der Waals surface area contributed by atoms with E-state index in [1.54, 1.807) is 32.4 Å². The number of carbonyl (C=O) groups excluding carboxylic acids is 1. The zero-order chi connectivity index (χ0) is 13.8. The Hall–Kier alpha value is -1.75. The van der Waals surface area contributed by atoms with Crippen molar-refractivity contribution in [3.8, 4) is 5.75 Å². The van der Waals surface area contributed by atoms with E-state index in [0.717, 1.165) is 12.8 Å². The van der Waals surface area contributed by atoms with Gasteiger partial charge in [0.2, 0.25) is 0 Å². The molecular weight excluding hydrogens is 244 g/mol. The van der Waals surface area contributed by atoms with Gasteiger partial charge < -0.3 is 20.1 Å². The Morgan fingerprint density at radius 3 is 2.58 bits per heavy atom. The third-order valence-electron chi connectivity index (χ3n) is 3.52. The van der Waals surface area contributed by atoms with Gasteiger partial charge in [-0.2, -0.15) is 0 Å². The van der Waals surface area contributed by atoms with Gasteiger partial charge >= 0.3 is 0 Å². The summed E-state index contributed by atoms with van der Waals surface area (Å²) < 4.78 is 10.5. The van der Waals surface area contributed by atoms with Crippen molar-refractivity contribution < 1.29 is 14.3 Å². The third-order valence-corrected chi connectivity index (χ3v) is 3.52. The second-order valence-corrected chi connectivity index (χ2v) is 4.69. The normalized spacial score (nSPS) is 16.4. The van der Waals surface area contributed by atoms with Crippen molar-refractivity contribution in [3.63, 3.8) is 0 Å². The molecule has 2 N–H and O–H groups in total. The SMILES string of the molecule is COc1cc(N)ccc1C(=O)N1CCC(OC)CC1. The fourth-order valence-corrected chi connectivity index (χ4v) is 2.35. The van der Waals surface area contributed by atoms with E-state index < -0.39 is 0 Å². The quantitative estimate of drug-likeness (QED) is 0.841. The highest BCUT2D eigenvalue weighted by Crippen LogP contribution is 2.24. The predicted molar refractivity (Wildman–Crippen MR) is 73.3 cm³/mol. The Morgan fingerprint density at radius 1 is 1.32 bits per heavy atom. The van der Waals surface area contributed by atoms with Crippen LogP contribution in [0, 0.1) is 0 Å². The molecule has 0 aromatic heterocycles. The number of rotatable bonds is 3. The Kier molecular flexibility index (Phi) is 4.27. The predicted octanol–water partition coefficient (Wildman–Crippen LogP) is 1.53. The van der Waals surface area contributed by atoms with Gasteiger partial charge in [0, 0.05) is 32.0 Å². The second-order valence-electron chi connectivity index (χ2n) is 4.69. The first-order valence-corrected chi connectivity index (χ1v) is 6.41. The topological polar surface area (TPSA) is 64.8 Å². The van der Waals surface area contributed by atoms with E-state index in [9.17, 15) is 4.79 Å². The van der Waals surface area contributed by atoms with Crippen LogP contribution in [0.5, 0.6) is 5.75 Å². The largest absolute Gasteiger partial charge is 0.496 e. The molecule has 104 valence electrons. The maximum Gasteiger partial charge on any atom is 0.257 e. The number of hydrogen-bond donors (Lipinski definition) is 1. The lowest BCUT2D eigenvalue weighted by Gasteiger charge is -2.31. The Morgan fingerprint density at radius 2 is 2.00 bits per heavy atom. The number of anilines is 1. The number of piperidine rings is 1. The van der Waals surface area contributed by atoms with E-state index in [0.29, 0.717) is 30.1 Å². The molecule has 0 unspecified atom stereocenters. The van der Waals surface area contributed by atoms with Gasteiger partial charge in [-0.25, -0.2) is 0 Å². The summed E-state index contributed by atoms with van der Waals surface area (Å²) in [5.41, 5.74) is 6.85. The van der Waals surface area contributed by atoms with Crippen molar-refractivity contribution in [1.29, 1.82) is 0 Å². The van der Waals surface area contributed by atoms with Gasteiger partial charge in [0.05, 0.1) is 18.8 Å². The van der Waals surface area contributed by atoms with Crippen LogP contribution in [-0.4, -0.2) is 44.2 Å². The zero-order valence-corrected chi connectivity index (χ0v) is 11.4. The summed E-state index contributed by atoms with van der Waals surface area (Å²) in [5.74, 6) is 0.519. The molecule has 19 heavy (non-hydrogen) atoms. The lowest BCUT2D eigenvalue weighted by Crippen LogP contribution is -2.40. The summed E-state index contributed by atoms with van der Waals surface area (Å²) >= 11 is 0. The minimum atomic E-state index is -0.00796. The summed E-state index contributed by atoms with van der Waals surface area (Å²) in [7, 11) is 3.26. The Labute approximate surface area is 113 Å². The number of benzene rings is 1. The Balaban J connectivity index is 2.12. The number of hydrogen-bond acceptors (Lipinski definition) is 4. The average Bonchev–Trinajstić information content (AvgIpc) is 2.46. The first-order valence-electron chi connectivity index (χ1n) is 6.41. The summed E-state index contributed by atoms with van der Waals surface area (Å²) in [5, 5.41) is 0. The molecule has 0 radical (unpaired) electrons. The third kappa shape index (κ3) is 2.98. The summed E-state index contributed by atoms with van der Waals surface area (Å²) in [4.78, 5) is 14.3. The molecule has 0 atom stereocenters. The van der Waals surface area contributed by atoms with Gasteiger partial charge in [-0.15, -0.1) is 0 Å². The lowest BCUT2D eigenvalue weighted by molar-refractivity contribution is 0.0349. The van der Waals surface area contributed by atoms with Crippen LogP contribution in [-0.2, 0) is 4.74 Å². The van der Waals surface area contributed by atoms with E-state index >= 15 is 0 Å². The van der Waals surface area contributed by atoms with E-state index in [-0.39, 0.29) is 12.0 Å². The first kappa shape index (κ1) is 13.7. The maximum absolute atomic E-state index is 12.5. The number of ether oxygens (including phenoxy) is 2. The molecule has 1 heterocycles. The number of likely N-dealkylation sites (tertiary alicyclic amines) is 1. The number of nitrogens with zero attached hydrogens (tertiary/aromatic N) is 1. The van der Waals surface area contributed by atoms with Gasteiger partial charge in [-0.05, 0) is 25.0 Å². The number of methoxy groups -OCH3 is 2. The molecule has 2 rings (SSSR count). The minimum Gasteiger partial charge on any atom is -0.496 e. The van der Waals surface area contributed by atoms with E-state index in [2.05, 4.69) is 0 Å². The van der Waals surface area contributed by atoms with Gasteiger partial charge in [-0.1, -0.05) is 0 Å². The number of nitrogens with two attached hydrogens (primary N) is 1. The molecule has 1 fully saturated rings. The molecule has 1 aliphatic rings. The van der Waals surface area contributed by atoms with Crippen molar-refractivity contribution in [2.45, 2.75) is 18.9 Å². The average molecular weight is 264 g/mol. The van der Waals surface area contributed by atoms with Crippen molar-refractivity contribution in [2.75, 3.05) is 33.0 Å². The molecule has 1 aliphatic heterocycles. The van der Waals surface area contributed by atoms with Crippen LogP contribution in [0.25, 0.3) is 0 Å². The Bertz CT molecular complexity index is 454. The van der Waals surface area contributed by atoms with Gasteiger partial charge in [0.25, 0.3) is 5.91 Å². The molecule has 0 saturated carbocycles. The van der Waals surface area contributed by atoms with Gasteiger partial charge in [0.15, 0.2) is 0 Å². The summed E-state index contributed by atoms with van der Waals surface area (Å²) in [6, 6.07) is 5.12. The zero-order valence-electron chi connectivity index (χ0n) is 11.4. The molecule has 1 saturated heterocycles. The number of amides is 1. The summed E-state index contributed by atoms with van der Waals surface area (Å²) in [6.45, 7) is 1.43. The maximum atomic E-state index is 12.5. The van der Waals surface area contributed by atoms with Crippen molar-refractivity contribution in [2.24, 2.45) is 0 Å². The van der Waals surface area contributed by atoms with E-state index in [1.807, 2.05) is 4.90 Å². The fourth-order valence-electron chi connectivity index (χ4n) is 2.35. The van der Waals surface area contributed by atoms with Crippen LogP contribution < -0.4 is 10.5 Å². The van der Waals surface area contributed by atoms with Crippen molar-refractivity contribution in [3.05, 3.63) is 23.8 Å². The molecule has 0 bridgehead atoms. The van der Waals surface area contributed by atoms with Crippen LogP contribution in [0.3, 0.4) is 0 Å². The molecule has 0 spiro atoms. The van der Waals surface area contributed by atoms with Crippen LogP contribution in [0.2, 0.25) is 0 Å². The molecule has 1 amide bonds. The highest BCUT2D eigenvalue weighted by Gasteiger charge is 2.25. The minimum absolute atomic E-state index is 0.00796. The monoisotopic (exact) mass is 264 g/mol. The van der Waals surface area contributed by atoms with Gasteiger partial charge in [0.1, 0.15) is 5.75 Å². The van der Waals surface area contributed by atoms with Crippen LogP contribution in [0.15, 0.2) is 18.2 Å². The highest BCUT2D eigenvalue weighted by atomic mass is 16.5. The first-order chi connectivity index (χ1) is 9.15. The van der Waals surface area contributed by atoms with Gasteiger partial charge in [-0.3, -0.25) is 4.79 Å². The molecular formula is C14H20N2O3. The van der Waals surface area contributed by atoms with Crippen LogP contribution in [0.4, 0.5) is 5.69 Å². The summed E-state index contributed by atoms with van der Waals surface area (Å²) in [6.07, 6.45) is 2.01. The number of nitrogen functional groups attached to an aromatic ring is 1.